The molecule has 1 aliphatic carbocycles. The molecular weight excluding hydrogens is 491 g/mol. The Morgan fingerprint density at radius 1 is 1.20 bits per heavy atom. The van der Waals surface area contributed by atoms with Crippen LogP contribution in [-0.4, -0.2) is 23.6 Å². The molecule has 0 atom stereocenters. The summed E-state index contributed by atoms with van der Waals surface area (Å²) in [5, 5.41) is 6.59. The number of para-hydroxylation sites is 1. The standard InChI is InChI=1S/C23H34N4O2.HI/c1-5-24-22(27-16-21-25-15-20(29-21)23(2,3)4)26-14-17-10-6-9-13-19(17)28-18-11-7-8-12-18;/h6,9-10,13,15,18H,5,7-8,11-12,14,16H2,1-4H3,(H2,24,26,27);1H. The van der Waals surface area contributed by atoms with E-state index in [2.05, 4.69) is 49.4 Å². The summed E-state index contributed by atoms with van der Waals surface area (Å²) >= 11 is 0. The zero-order valence-corrected chi connectivity index (χ0v) is 20.9. The van der Waals surface area contributed by atoms with E-state index < -0.39 is 0 Å². The molecule has 1 aromatic carbocycles. The molecule has 1 heterocycles. The monoisotopic (exact) mass is 526 g/mol. The van der Waals surface area contributed by atoms with Gasteiger partial charge in [0.1, 0.15) is 11.5 Å². The average Bonchev–Trinajstić information content (AvgIpc) is 3.36. The summed E-state index contributed by atoms with van der Waals surface area (Å²) in [6.07, 6.45) is 6.96. The third-order valence-electron chi connectivity index (χ3n) is 5.02. The molecule has 6 nitrogen and oxygen atoms in total. The molecule has 0 saturated heterocycles. The Kier molecular flexibility index (Phi) is 9.45. The largest absolute Gasteiger partial charge is 0.490 e. The van der Waals surface area contributed by atoms with Crippen LogP contribution >= 0.6 is 24.0 Å². The van der Waals surface area contributed by atoms with Gasteiger partial charge in [0.25, 0.3) is 0 Å². The number of nitrogens with one attached hydrogen (secondary N) is 2. The third kappa shape index (κ3) is 7.18. The summed E-state index contributed by atoms with van der Waals surface area (Å²) in [4.78, 5) is 9.11. The van der Waals surface area contributed by atoms with Gasteiger partial charge in [-0.1, -0.05) is 39.0 Å². The second-order valence-corrected chi connectivity index (χ2v) is 8.55. The SMILES string of the molecule is CCNC(=NCc1ccccc1OC1CCCC1)NCc1ncc(C(C)(C)C)o1.I. The van der Waals surface area contributed by atoms with Crippen molar-refractivity contribution in [3.05, 3.63) is 47.7 Å². The first-order valence-electron chi connectivity index (χ1n) is 10.7. The molecule has 0 aliphatic heterocycles. The first-order chi connectivity index (χ1) is 14.0. The highest BCUT2D eigenvalue weighted by molar-refractivity contribution is 14.0. The van der Waals surface area contributed by atoms with Crippen LogP contribution in [0.5, 0.6) is 5.75 Å². The normalized spacial score (nSPS) is 15.0. The lowest BCUT2D eigenvalue weighted by molar-refractivity contribution is 0.208. The van der Waals surface area contributed by atoms with Crippen molar-refractivity contribution in [2.75, 3.05) is 6.54 Å². The van der Waals surface area contributed by atoms with Crippen LogP contribution in [0.1, 0.15) is 70.6 Å². The number of rotatable bonds is 7. The van der Waals surface area contributed by atoms with Crippen LogP contribution in [0.15, 0.2) is 39.9 Å². The zero-order valence-electron chi connectivity index (χ0n) is 18.5. The van der Waals surface area contributed by atoms with Crippen LogP contribution in [-0.2, 0) is 18.5 Å². The van der Waals surface area contributed by atoms with Crippen LogP contribution in [0.2, 0.25) is 0 Å². The van der Waals surface area contributed by atoms with Gasteiger partial charge in [-0.2, -0.15) is 0 Å². The van der Waals surface area contributed by atoms with E-state index in [4.69, 9.17) is 14.1 Å². The third-order valence-corrected chi connectivity index (χ3v) is 5.02. The van der Waals surface area contributed by atoms with Crippen LogP contribution < -0.4 is 15.4 Å². The Bertz CT molecular complexity index is 808. The number of hydrogen-bond acceptors (Lipinski definition) is 4. The highest BCUT2D eigenvalue weighted by Gasteiger charge is 2.19. The van der Waals surface area contributed by atoms with Crippen molar-refractivity contribution in [3.63, 3.8) is 0 Å². The summed E-state index contributed by atoms with van der Waals surface area (Å²) < 4.78 is 12.1. The molecule has 0 radical (unpaired) electrons. The lowest BCUT2D eigenvalue weighted by Crippen LogP contribution is -2.36. The number of aliphatic imine (C=N–C) groups is 1. The molecule has 7 heteroatoms. The predicted molar refractivity (Wildman–Crippen MR) is 132 cm³/mol. The van der Waals surface area contributed by atoms with Gasteiger partial charge in [0.15, 0.2) is 5.96 Å². The van der Waals surface area contributed by atoms with Crippen LogP contribution in [0, 0.1) is 0 Å². The predicted octanol–water partition coefficient (Wildman–Crippen LogP) is 5.17. The molecule has 3 rings (SSSR count). The van der Waals surface area contributed by atoms with Crippen LogP contribution in [0.4, 0.5) is 0 Å². The topological polar surface area (TPSA) is 71.7 Å². The molecule has 0 amide bonds. The Balaban J connectivity index is 0.00000320. The number of ether oxygens (including phenoxy) is 1. The number of nitrogens with zero attached hydrogens (tertiary/aromatic N) is 2. The van der Waals surface area contributed by atoms with E-state index in [-0.39, 0.29) is 29.4 Å². The molecule has 0 bridgehead atoms. The van der Waals surface area contributed by atoms with Crippen molar-refractivity contribution in [2.45, 2.75) is 78.0 Å². The van der Waals surface area contributed by atoms with Gasteiger partial charge >= 0.3 is 0 Å². The second-order valence-electron chi connectivity index (χ2n) is 8.55. The van der Waals surface area contributed by atoms with Crippen molar-refractivity contribution in [3.8, 4) is 5.75 Å². The van der Waals surface area contributed by atoms with Crippen molar-refractivity contribution >= 4 is 29.9 Å². The Morgan fingerprint density at radius 2 is 1.93 bits per heavy atom. The van der Waals surface area contributed by atoms with Gasteiger partial charge in [0, 0.05) is 17.5 Å². The Morgan fingerprint density at radius 3 is 2.60 bits per heavy atom. The van der Waals surface area contributed by atoms with Crippen molar-refractivity contribution in [1.82, 2.24) is 15.6 Å². The van der Waals surface area contributed by atoms with Gasteiger partial charge in [-0.25, -0.2) is 9.98 Å². The van der Waals surface area contributed by atoms with E-state index in [1.807, 2.05) is 18.2 Å². The van der Waals surface area contributed by atoms with Crippen molar-refractivity contribution in [2.24, 2.45) is 4.99 Å². The Labute approximate surface area is 197 Å². The molecule has 2 aromatic rings. The average molecular weight is 526 g/mol. The molecule has 166 valence electrons. The maximum absolute atomic E-state index is 6.23. The first kappa shape index (κ1) is 24.5. The summed E-state index contributed by atoms with van der Waals surface area (Å²) in [6.45, 7) is 10.2. The molecule has 1 aliphatic rings. The molecule has 30 heavy (non-hydrogen) atoms. The second kappa shape index (κ2) is 11.6. The maximum Gasteiger partial charge on any atom is 0.213 e. The quantitative estimate of drug-likeness (QED) is 0.296. The molecular formula is C23H35IN4O2. The van der Waals surface area contributed by atoms with Gasteiger partial charge in [0.2, 0.25) is 5.89 Å². The van der Waals surface area contributed by atoms with Gasteiger partial charge in [-0.05, 0) is 38.7 Å². The molecule has 0 spiro atoms. The number of guanidine groups is 1. The van der Waals surface area contributed by atoms with E-state index in [9.17, 15) is 0 Å². The number of hydrogen-bond donors (Lipinski definition) is 2. The highest BCUT2D eigenvalue weighted by Crippen LogP contribution is 2.27. The first-order valence-corrected chi connectivity index (χ1v) is 10.7. The summed E-state index contributed by atoms with van der Waals surface area (Å²) in [6, 6.07) is 8.19. The molecule has 1 fully saturated rings. The van der Waals surface area contributed by atoms with Crippen LogP contribution in [0.25, 0.3) is 0 Å². The van der Waals surface area contributed by atoms with Crippen molar-refractivity contribution < 1.29 is 9.15 Å². The fraction of sp³-hybridized carbons (Fsp3) is 0.565. The zero-order chi connectivity index (χ0) is 20.7. The molecule has 1 saturated carbocycles. The number of halogens is 1. The van der Waals surface area contributed by atoms with Crippen LogP contribution in [0.3, 0.4) is 0 Å². The summed E-state index contributed by atoms with van der Waals surface area (Å²) in [5.74, 6) is 3.22. The fourth-order valence-electron chi connectivity index (χ4n) is 3.34. The smallest absolute Gasteiger partial charge is 0.213 e. The minimum Gasteiger partial charge on any atom is -0.490 e. The minimum absolute atomic E-state index is 0. The summed E-state index contributed by atoms with van der Waals surface area (Å²) in [7, 11) is 0. The highest BCUT2D eigenvalue weighted by atomic mass is 127. The number of benzene rings is 1. The fourth-order valence-corrected chi connectivity index (χ4v) is 3.34. The lowest BCUT2D eigenvalue weighted by Gasteiger charge is -2.16. The van der Waals surface area contributed by atoms with Gasteiger partial charge in [-0.15, -0.1) is 24.0 Å². The van der Waals surface area contributed by atoms with E-state index in [0.29, 0.717) is 25.1 Å². The van der Waals surface area contributed by atoms with Gasteiger partial charge in [-0.3, -0.25) is 0 Å². The lowest BCUT2D eigenvalue weighted by atomic mass is 9.94. The van der Waals surface area contributed by atoms with E-state index in [1.165, 1.54) is 12.8 Å². The Hall–Kier alpha value is -1.77. The number of oxazole rings is 1. The van der Waals surface area contributed by atoms with E-state index >= 15 is 0 Å². The minimum atomic E-state index is -0.0487. The maximum atomic E-state index is 6.23. The van der Waals surface area contributed by atoms with E-state index in [1.54, 1.807) is 6.20 Å². The molecule has 2 N–H and O–H groups in total. The van der Waals surface area contributed by atoms with Crippen molar-refractivity contribution in [1.29, 1.82) is 0 Å². The van der Waals surface area contributed by atoms with E-state index in [0.717, 1.165) is 42.4 Å². The molecule has 0 unspecified atom stereocenters. The summed E-state index contributed by atoms with van der Waals surface area (Å²) in [5.41, 5.74) is 1.05. The van der Waals surface area contributed by atoms with Gasteiger partial charge in [0.05, 0.1) is 25.4 Å². The number of aromatic nitrogens is 1. The van der Waals surface area contributed by atoms with Gasteiger partial charge < -0.3 is 19.8 Å². The molecule has 1 aromatic heterocycles.